The molecule has 29 heavy (non-hydrogen) atoms. The number of halogens is 1. The molecular weight excluding hydrogens is 426 g/mol. The number of hydrogen-bond donors (Lipinski definition) is 0. The van der Waals surface area contributed by atoms with Crippen LogP contribution in [0.5, 0.6) is 5.75 Å². The van der Waals surface area contributed by atoms with Gasteiger partial charge in [0.05, 0.1) is 23.8 Å². The van der Waals surface area contributed by atoms with Gasteiger partial charge < -0.3 is 9.64 Å². The maximum Gasteiger partial charge on any atom is 0.258 e. The molecule has 0 unspecified atom stereocenters. The maximum atomic E-state index is 13.3. The molecule has 4 rings (SSSR count). The number of amides is 1. The summed E-state index contributed by atoms with van der Waals surface area (Å²) in [6.45, 7) is 0.532. The first-order valence-corrected chi connectivity index (χ1v) is 10.1. The van der Waals surface area contributed by atoms with Crippen LogP contribution in [-0.4, -0.2) is 17.9 Å². The molecule has 0 spiro atoms. The van der Waals surface area contributed by atoms with Crippen LogP contribution in [0.3, 0.4) is 0 Å². The van der Waals surface area contributed by atoms with Gasteiger partial charge in [-0.15, -0.1) is 0 Å². The van der Waals surface area contributed by atoms with E-state index >= 15 is 0 Å². The predicted octanol–water partition coefficient (Wildman–Crippen LogP) is 5.92. The van der Waals surface area contributed by atoms with Gasteiger partial charge in [-0.2, -0.15) is 0 Å². The van der Waals surface area contributed by atoms with E-state index in [9.17, 15) is 4.79 Å². The van der Waals surface area contributed by atoms with E-state index in [1.807, 2.05) is 95.9 Å². The van der Waals surface area contributed by atoms with Crippen molar-refractivity contribution >= 4 is 33.6 Å². The van der Waals surface area contributed by atoms with Gasteiger partial charge in [0.25, 0.3) is 5.91 Å². The summed E-state index contributed by atoms with van der Waals surface area (Å²) in [7, 11) is 1.63. The van der Waals surface area contributed by atoms with Crippen LogP contribution in [0.15, 0.2) is 95.0 Å². The van der Waals surface area contributed by atoms with Crippen molar-refractivity contribution in [1.29, 1.82) is 0 Å². The first kappa shape index (κ1) is 19.2. The first-order valence-electron chi connectivity index (χ1n) is 9.34. The Labute approximate surface area is 179 Å². The fraction of sp³-hybridized carbons (Fsp3) is 0.0800. The SMILES string of the molecule is COc1ccc(/C=C2\C=C(c3ccccc3)N(Cc3ccccc3)C2=O)cc1Br. The van der Waals surface area contributed by atoms with Crippen molar-refractivity contribution in [3.05, 3.63) is 112 Å². The highest BCUT2D eigenvalue weighted by atomic mass is 79.9. The molecule has 0 radical (unpaired) electrons. The van der Waals surface area contributed by atoms with E-state index in [1.165, 1.54) is 0 Å². The van der Waals surface area contributed by atoms with Crippen molar-refractivity contribution < 1.29 is 9.53 Å². The van der Waals surface area contributed by atoms with E-state index in [-0.39, 0.29) is 5.91 Å². The second-order valence-corrected chi connectivity index (χ2v) is 7.62. The van der Waals surface area contributed by atoms with Crippen LogP contribution < -0.4 is 4.74 Å². The summed E-state index contributed by atoms with van der Waals surface area (Å²) in [5.74, 6) is 0.760. The van der Waals surface area contributed by atoms with Gasteiger partial charge in [0.15, 0.2) is 0 Å². The lowest BCUT2D eigenvalue weighted by Gasteiger charge is -2.20. The number of rotatable bonds is 5. The highest BCUT2D eigenvalue weighted by molar-refractivity contribution is 9.10. The number of benzene rings is 3. The third-order valence-corrected chi connectivity index (χ3v) is 5.45. The molecule has 1 heterocycles. The van der Waals surface area contributed by atoms with Crippen molar-refractivity contribution in [2.24, 2.45) is 0 Å². The van der Waals surface area contributed by atoms with Crippen molar-refractivity contribution in [2.75, 3.05) is 7.11 Å². The van der Waals surface area contributed by atoms with Gasteiger partial charge in [-0.1, -0.05) is 66.7 Å². The summed E-state index contributed by atoms with van der Waals surface area (Å²) in [5.41, 5.74) is 4.63. The Morgan fingerprint density at radius 2 is 1.66 bits per heavy atom. The van der Waals surface area contributed by atoms with E-state index in [1.54, 1.807) is 7.11 Å². The quantitative estimate of drug-likeness (QED) is 0.455. The van der Waals surface area contributed by atoms with E-state index in [0.29, 0.717) is 12.1 Å². The topological polar surface area (TPSA) is 29.5 Å². The molecule has 0 saturated heterocycles. The number of nitrogens with zero attached hydrogens (tertiary/aromatic N) is 1. The minimum Gasteiger partial charge on any atom is -0.496 e. The molecule has 1 aliphatic heterocycles. The molecule has 1 aliphatic rings. The Balaban J connectivity index is 1.72. The second-order valence-electron chi connectivity index (χ2n) is 6.77. The van der Waals surface area contributed by atoms with Crippen molar-refractivity contribution in [3.63, 3.8) is 0 Å². The van der Waals surface area contributed by atoms with Crippen molar-refractivity contribution in [1.82, 2.24) is 4.90 Å². The molecule has 1 amide bonds. The fourth-order valence-corrected chi connectivity index (χ4v) is 3.94. The number of carbonyl (C=O) groups excluding carboxylic acids is 1. The summed E-state index contributed by atoms with van der Waals surface area (Å²) in [4.78, 5) is 15.1. The zero-order valence-corrected chi connectivity index (χ0v) is 17.6. The van der Waals surface area contributed by atoms with Crippen LogP contribution in [0.4, 0.5) is 0 Å². The number of methoxy groups -OCH3 is 1. The number of hydrogen-bond acceptors (Lipinski definition) is 2. The minimum atomic E-state index is -0.000327. The summed E-state index contributed by atoms with van der Waals surface area (Å²) in [6, 6.07) is 25.9. The summed E-state index contributed by atoms with van der Waals surface area (Å²) >= 11 is 3.51. The monoisotopic (exact) mass is 445 g/mol. The molecule has 0 fully saturated rings. The zero-order valence-electron chi connectivity index (χ0n) is 16.0. The number of carbonyl (C=O) groups is 1. The molecule has 144 valence electrons. The van der Waals surface area contributed by atoms with Crippen LogP contribution in [0.25, 0.3) is 11.8 Å². The predicted molar refractivity (Wildman–Crippen MR) is 120 cm³/mol. The van der Waals surface area contributed by atoms with Gasteiger partial charge in [0.1, 0.15) is 5.75 Å². The molecule has 4 heteroatoms. The Kier molecular flexibility index (Phi) is 5.63. The minimum absolute atomic E-state index is 0.000327. The van der Waals surface area contributed by atoms with E-state index in [0.717, 1.165) is 32.6 Å². The summed E-state index contributed by atoms with van der Waals surface area (Å²) < 4.78 is 6.15. The Bertz CT molecular complexity index is 1090. The lowest BCUT2D eigenvalue weighted by Crippen LogP contribution is -2.25. The van der Waals surface area contributed by atoms with Crippen LogP contribution in [0.1, 0.15) is 16.7 Å². The Morgan fingerprint density at radius 1 is 0.966 bits per heavy atom. The molecule has 3 nitrogen and oxygen atoms in total. The lowest BCUT2D eigenvalue weighted by molar-refractivity contribution is -0.123. The molecule has 0 atom stereocenters. The van der Waals surface area contributed by atoms with E-state index in [2.05, 4.69) is 15.9 Å². The van der Waals surface area contributed by atoms with E-state index < -0.39 is 0 Å². The molecule has 3 aromatic carbocycles. The fourth-order valence-electron chi connectivity index (χ4n) is 3.38. The van der Waals surface area contributed by atoms with Crippen molar-refractivity contribution in [2.45, 2.75) is 6.54 Å². The summed E-state index contributed by atoms with van der Waals surface area (Å²) in [5, 5.41) is 0. The van der Waals surface area contributed by atoms with E-state index in [4.69, 9.17) is 4.74 Å². The van der Waals surface area contributed by atoms with Gasteiger partial charge >= 0.3 is 0 Å². The molecule has 0 N–H and O–H groups in total. The maximum absolute atomic E-state index is 13.3. The number of ether oxygens (including phenoxy) is 1. The Morgan fingerprint density at radius 3 is 2.31 bits per heavy atom. The molecule has 0 saturated carbocycles. The second kappa shape index (κ2) is 8.50. The normalized spacial score (nSPS) is 15.0. The van der Waals surface area contributed by atoms with Crippen molar-refractivity contribution in [3.8, 4) is 5.75 Å². The molecular formula is C25H20BrNO2. The van der Waals surface area contributed by atoms with Gasteiger partial charge in [-0.25, -0.2) is 0 Å². The van der Waals surface area contributed by atoms with Gasteiger partial charge in [0, 0.05) is 5.57 Å². The largest absolute Gasteiger partial charge is 0.496 e. The summed E-state index contributed by atoms with van der Waals surface area (Å²) in [6.07, 6.45) is 3.89. The zero-order chi connectivity index (χ0) is 20.2. The molecule has 3 aromatic rings. The Hall–Kier alpha value is -3.11. The molecule has 0 bridgehead atoms. The van der Waals surface area contributed by atoms with Crippen LogP contribution in [-0.2, 0) is 11.3 Å². The highest BCUT2D eigenvalue weighted by Crippen LogP contribution is 2.33. The van der Waals surface area contributed by atoms with Crippen LogP contribution in [0, 0.1) is 0 Å². The highest BCUT2D eigenvalue weighted by Gasteiger charge is 2.29. The van der Waals surface area contributed by atoms with Crippen LogP contribution >= 0.6 is 15.9 Å². The third kappa shape index (κ3) is 4.17. The van der Waals surface area contributed by atoms with Gasteiger partial charge in [-0.05, 0) is 56.9 Å². The lowest BCUT2D eigenvalue weighted by atomic mass is 10.1. The van der Waals surface area contributed by atoms with Gasteiger partial charge in [-0.3, -0.25) is 4.79 Å². The molecule has 0 aromatic heterocycles. The van der Waals surface area contributed by atoms with Gasteiger partial charge in [0.2, 0.25) is 0 Å². The van der Waals surface area contributed by atoms with Crippen LogP contribution in [0.2, 0.25) is 0 Å². The average Bonchev–Trinajstić information content (AvgIpc) is 3.05. The first-order chi connectivity index (χ1) is 14.2. The average molecular weight is 446 g/mol. The standard InChI is InChI=1S/C25H20BrNO2/c1-29-24-13-12-19(15-22(24)26)14-21-16-23(20-10-6-3-7-11-20)27(25(21)28)17-18-8-4-2-5-9-18/h2-16H,17H2,1H3/b21-14+. The third-order valence-electron chi connectivity index (χ3n) is 4.83. The molecule has 0 aliphatic carbocycles. The smallest absolute Gasteiger partial charge is 0.258 e.